The van der Waals surface area contributed by atoms with E-state index in [0.29, 0.717) is 23.6 Å². The molecule has 1 aliphatic heterocycles. The van der Waals surface area contributed by atoms with Gasteiger partial charge < -0.3 is 14.2 Å². The van der Waals surface area contributed by atoms with Crippen LogP contribution in [0, 0.1) is 0 Å². The Labute approximate surface area is 221 Å². The van der Waals surface area contributed by atoms with Gasteiger partial charge in [-0.15, -0.1) is 0 Å². The maximum absolute atomic E-state index is 13.7. The SMILES string of the molecule is CCO[C@H](CC(=C=O)c1ccccc1)N[C@H]1COc2ccccc2N(CC(=O)OCc2ccccc2)C1=O. The topological polar surface area (TPSA) is 94.2 Å². The van der Waals surface area contributed by atoms with E-state index in [-0.39, 0.29) is 32.1 Å². The zero-order valence-electron chi connectivity index (χ0n) is 21.2. The summed E-state index contributed by atoms with van der Waals surface area (Å²) in [5.74, 6) is 1.57. The second kappa shape index (κ2) is 13.4. The molecular weight excluding hydrogens is 484 g/mol. The number of benzene rings is 3. The van der Waals surface area contributed by atoms with Crippen molar-refractivity contribution >= 4 is 29.1 Å². The van der Waals surface area contributed by atoms with Gasteiger partial charge in [-0.2, -0.15) is 0 Å². The molecule has 0 aliphatic carbocycles. The molecule has 3 aromatic rings. The molecule has 196 valence electrons. The summed E-state index contributed by atoms with van der Waals surface area (Å²) in [6.07, 6.45) is -0.473. The van der Waals surface area contributed by atoms with Crippen LogP contribution in [0.25, 0.3) is 5.57 Å². The number of amides is 1. The maximum Gasteiger partial charge on any atom is 0.326 e. The Morgan fingerprint density at radius 2 is 1.74 bits per heavy atom. The van der Waals surface area contributed by atoms with Gasteiger partial charge in [-0.05, 0) is 30.2 Å². The average molecular weight is 515 g/mol. The monoisotopic (exact) mass is 514 g/mol. The molecule has 0 unspecified atom stereocenters. The summed E-state index contributed by atoms with van der Waals surface area (Å²) in [4.78, 5) is 39.6. The Hall–Kier alpha value is -4.23. The summed E-state index contributed by atoms with van der Waals surface area (Å²) in [7, 11) is 0. The smallest absolute Gasteiger partial charge is 0.326 e. The molecule has 8 heteroatoms. The third-order valence-corrected chi connectivity index (χ3v) is 6.05. The first-order valence-corrected chi connectivity index (χ1v) is 12.5. The van der Waals surface area contributed by atoms with E-state index in [4.69, 9.17) is 14.2 Å². The number of carbonyl (C=O) groups is 2. The van der Waals surface area contributed by atoms with E-state index < -0.39 is 18.2 Å². The number of esters is 1. The molecule has 1 amide bonds. The van der Waals surface area contributed by atoms with Crippen molar-refractivity contribution in [3.63, 3.8) is 0 Å². The average Bonchev–Trinajstić information content (AvgIpc) is 3.08. The van der Waals surface area contributed by atoms with Crippen LogP contribution in [0.5, 0.6) is 5.75 Å². The molecule has 2 atom stereocenters. The number of fused-ring (bicyclic) bond motifs is 1. The van der Waals surface area contributed by atoms with Gasteiger partial charge in [0, 0.05) is 18.6 Å². The summed E-state index contributed by atoms with van der Waals surface area (Å²) in [6, 6.07) is 24.7. The number of hydrogen-bond donors (Lipinski definition) is 1. The molecular formula is C30H30N2O6. The summed E-state index contributed by atoms with van der Waals surface area (Å²) in [5.41, 5.74) is 2.48. The number of hydrogen-bond acceptors (Lipinski definition) is 7. The highest BCUT2D eigenvalue weighted by molar-refractivity contribution is 6.02. The fourth-order valence-corrected chi connectivity index (χ4v) is 4.18. The van der Waals surface area contributed by atoms with Crippen molar-refractivity contribution in [3.8, 4) is 5.75 Å². The van der Waals surface area contributed by atoms with Crippen LogP contribution in [0.4, 0.5) is 5.69 Å². The van der Waals surface area contributed by atoms with Gasteiger partial charge in [0.05, 0.1) is 5.69 Å². The number of nitrogens with zero attached hydrogens (tertiary/aromatic N) is 1. The van der Waals surface area contributed by atoms with Crippen LogP contribution in [-0.4, -0.2) is 49.8 Å². The van der Waals surface area contributed by atoms with Gasteiger partial charge in [0.2, 0.25) is 5.91 Å². The summed E-state index contributed by atoms with van der Waals surface area (Å²) in [5, 5.41) is 3.19. The van der Waals surface area contributed by atoms with E-state index in [1.807, 2.05) is 73.5 Å². The van der Waals surface area contributed by atoms with Crippen molar-refractivity contribution in [2.24, 2.45) is 0 Å². The van der Waals surface area contributed by atoms with E-state index in [9.17, 15) is 14.4 Å². The maximum atomic E-state index is 13.7. The summed E-state index contributed by atoms with van der Waals surface area (Å²) < 4.78 is 17.2. The largest absolute Gasteiger partial charge is 0.489 e. The van der Waals surface area contributed by atoms with E-state index >= 15 is 0 Å². The number of carbonyl (C=O) groups excluding carboxylic acids is 3. The lowest BCUT2D eigenvalue weighted by Gasteiger charge is -2.27. The first-order chi connectivity index (χ1) is 18.6. The third-order valence-electron chi connectivity index (χ3n) is 6.05. The van der Waals surface area contributed by atoms with Crippen molar-refractivity contribution in [1.82, 2.24) is 5.32 Å². The molecule has 0 spiro atoms. The lowest BCUT2D eigenvalue weighted by Crippen LogP contribution is -2.53. The molecule has 0 aromatic heterocycles. The minimum Gasteiger partial charge on any atom is -0.489 e. The lowest BCUT2D eigenvalue weighted by atomic mass is 10.0. The van der Waals surface area contributed by atoms with Gasteiger partial charge in [0.25, 0.3) is 0 Å². The molecule has 0 saturated carbocycles. The second-order valence-corrected chi connectivity index (χ2v) is 8.66. The molecule has 1 N–H and O–H groups in total. The normalized spacial score (nSPS) is 15.4. The highest BCUT2D eigenvalue weighted by Gasteiger charge is 2.34. The van der Waals surface area contributed by atoms with Gasteiger partial charge in [-0.25, -0.2) is 4.79 Å². The fraction of sp³-hybridized carbons (Fsp3) is 0.267. The molecule has 1 heterocycles. The minimum atomic E-state index is -0.843. The van der Waals surface area contributed by atoms with Crippen LogP contribution in [0.2, 0.25) is 0 Å². The van der Waals surface area contributed by atoms with Crippen molar-refractivity contribution in [2.75, 3.05) is 24.7 Å². The molecule has 38 heavy (non-hydrogen) atoms. The molecule has 8 nitrogen and oxygen atoms in total. The van der Waals surface area contributed by atoms with Crippen LogP contribution in [0.15, 0.2) is 84.9 Å². The van der Waals surface area contributed by atoms with Crippen molar-refractivity contribution < 1.29 is 28.6 Å². The number of para-hydroxylation sites is 2. The van der Waals surface area contributed by atoms with Gasteiger partial charge in [-0.3, -0.25) is 19.8 Å². The summed E-state index contributed by atoms with van der Waals surface area (Å²) >= 11 is 0. The van der Waals surface area contributed by atoms with E-state index in [0.717, 1.165) is 11.1 Å². The van der Waals surface area contributed by atoms with E-state index in [1.165, 1.54) is 4.90 Å². The van der Waals surface area contributed by atoms with Crippen LogP contribution >= 0.6 is 0 Å². The number of ether oxygens (including phenoxy) is 3. The van der Waals surface area contributed by atoms with Crippen molar-refractivity contribution in [1.29, 1.82) is 0 Å². The van der Waals surface area contributed by atoms with Gasteiger partial charge in [-0.1, -0.05) is 72.8 Å². The molecule has 4 rings (SSSR count). The van der Waals surface area contributed by atoms with E-state index in [2.05, 4.69) is 5.32 Å². The Bertz CT molecular complexity index is 1270. The first-order valence-electron chi connectivity index (χ1n) is 12.5. The standard InChI is InChI=1S/C30H30N2O6/c1-2-36-28(17-24(19-33)23-13-7-4-8-14-23)31-25-21-37-27-16-10-9-15-26(27)32(30(25)35)18-29(34)38-20-22-11-5-3-6-12-22/h3-16,25,28,31H,2,17-18,20-21H2,1H3/t25-,28+/m0/s1. The second-order valence-electron chi connectivity index (χ2n) is 8.66. The van der Waals surface area contributed by atoms with Crippen molar-refractivity contribution in [3.05, 3.63) is 96.1 Å². The number of rotatable bonds is 11. The first kappa shape index (κ1) is 26.8. The van der Waals surface area contributed by atoms with Gasteiger partial charge >= 0.3 is 5.97 Å². The zero-order chi connectivity index (χ0) is 26.7. The predicted molar refractivity (Wildman–Crippen MR) is 143 cm³/mol. The lowest BCUT2D eigenvalue weighted by molar-refractivity contribution is -0.144. The molecule has 0 saturated heterocycles. The van der Waals surface area contributed by atoms with Crippen LogP contribution < -0.4 is 15.0 Å². The molecule has 0 fully saturated rings. The van der Waals surface area contributed by atoms with Crippen LogP contribution in [-0.2, 0) is 30.5 Å². The number of anilines is 1. The third kappa shape index (κ3) is 6.95. The number of nitrogens with one attached hydrogen (secondary N) is 1. The molecule has 1 aliphatic rings. The molecule has 0 bridgehead atoms. The molecule has 0 radical (unpaired) electrons. The highest BCUT2D eigenvalue weighted by atomic mass is 16.5. The van der Waals surface area contributed by atoms with Gasteiger partial charge in [0.15, 0.2) is 0 Å². The predicted octanol–water partition coefficient (Wildman–Crippen LogP) is 3.78. The van der Waals surface area contributed by atoms with Crippen LogP contribution in [0.3, 0.4) is 0 Å². The fourth-order valence-electron chi connectivity index (χ4n) is 4.18. The van der Waals surface area contributed by atoms with Crippen molar-refractivity contribution in [2.45, 2.75) is 32.2 Å². The Kier molecular flexibility index (Phi) is 9.43. The summed E-state index contributed by atoms with van der Waals surface area (Å²) in [6.45, 7) is 2.02. The minimum absolute atomic E-state index is 0.0143. The highest BCUT2D eigenvalue weighted by Crippen LogP contribution is 2.31. The quantitative estimate of drug-likeness (QED) is 0.236. The van der Waals surface area contributed by atoms with Gasteiger partial charge in [0.1, 0.15) is 43.7 Å². The van der Waals surface area contributed by atoms with Crippen LogP contribution in [0.1, 0.15) is 24.5 Å². The van der Waals surface area contributed by atoms with E-state index in [1.54, 1.807) is 24.3 Å². The Morgan fingerprint density at radius 1 is 1.05 bits per heavy atom. The Balaban J connectivity index is 1.50. The molecule has 3 aromatic carbocycles. The Morgan fingerprint density at radius 3 is 2.45 bits per heavy atom. The zero-order valence-corrected chi connectivity index (χ0v) is 21.2.